The zero-order valence-electron chi connectivity index (χ0n) is 13.1. The lowest BCUT2D eigenvalue weighted by Crippen LogP contribution is -2.47. The van der Waals surface area contributed by atoms with Gasteiger partial charge < -0.3 is 15.7 Å². The van der Waals surface area contributed by atoms with Crippen molar-refractivity contribution in [2.75, 3.05) is 6.54 Å². The fourth-order valence-electron chi connectivity index (χ4n) is 1.75. The Bertz CT molecular complexity index is 468. The third-order valence-electron chi connectivity index (χ3n) is 3.79. The van der Waals surface area contributed by atoms with E-state index in [0.717, 1.165) is 5.56 Å². The van der Waals surface area contributed by atoms with E-state index in [9.17, 15) is 9.90 Å². The van der Waals surface area contributed by atoms with Crippen molar-refractivity contribution < 1.29 is 9.90 Å². The minimum absolute atomic E-state index is 0.0853. The van der Waals surface area contributed by atoms with Gasteiger partial charge in [-0.05, 0) is 37.8 Å². The van der Waals surface area contributed by atoms with Gasteiger partial charge in [-0.15, -0.1) is 0 Å². The van der Waals surface area contributed by atoms with Gasteiger partial charge in [0, 0.05) is 13.1 Å². The summed E-state index contributed by atoms with van der Waals surface area (Å²) in [5, 5.41) is 15.6. The highest BCUT2D eigenvalue weighted by Gasteiger charge is 2.25. The zero-order chi connectivity index (χ0) is 15.3. The summed E-state index contributed by atoms with van der Waals surface area (Å²) >= 11 is 0. The first-order chi connectivity index (χ1) is 9.22. The Labute approximate surface area is 121 Å². The van der Waals surface area contributed by atoms with E-state index in [-0.39, 0.29) is 18.5 Å². The molecule has 0 aliphatic rings. The topological polar surface area (TPSA) is 61.4 Å². The van der Waals surface area contributed by atoms with Crippen LogP contribution in [-0.4, -0.2) is 23.3 Å². The molecule has 1 atom stereocenters. The first-order valence-electron chi connectivity index (χ1n) is 7.02. The number of amides is 2. The summed E-state index contributed by atoms with van der Waals surface area (Å²) in [5.74, 6) is 0.0853. The molecule has 0 spiro atoms. The predicted octanol–water partition coefficient (Wildman–Crippen LogP) is 2.51. The van der Waals surface area contributed by atoms with E-state index >= 15 is 0 Å². The van der Waals surface area contributed by atoms with Crippen LogP contribution in [0.1, 0.15) is 37.5 Å². The Morgan fingerprint density at radius 3 is 2.50 bits per heavy atom. The Balaban J connectivity index is 2.44. The van der Waals surface area contributed by atoms with Crippen molar-refractivity contribution in [2.24, 2.45) is 5.92 Å². The van der Waals surface area contributed by atoms with Gasteiger partial charge in [-0.2, -0.15) is 0 Å². The molecule has 4 nitrogen and oxygen atoms in total. The molecule has 1 rings (SSSR count). The second kappa shape index (κ2) is 6.75. The Morgan fingerprint density at radius 2 is 1.95 bits per heavy atom. The molecule has 4 heteroatoms. The summed E-state index contributed by atoms with van der Waals surface area (Å²) < 4.78 is 0. The number of hydrogen-bond donors (Lipinski definition) is 3. The number of benzene rings is 1. The first kappa shape index (κ1) is 16.5. The Morgan fingerprint density at radius 1 is 1.30 bits per heavy atom. The van der Waals surface area contributed by atoms with Crippen LogP contribution in [0.2, 0.25) is 0 Å². The monoisotopic (exact) mass is 278 g/mol. The summed E-state index contributed by atoms with van der Waals surface area (Å²) in [5.41, 5.74) is 2.58. The van der Waals surface area contributed by atoms with E-state index in [1.165, 1.54) is 11.1 Å². The van der Waals surface area contributed by atoms with Crippen molar-refractivity contribution in [1.82, 2.24) is 10.6 Å². The van der Waals surface area contributed by atoms with Crippen LogP contribution in [0.15, 0.2) is 18.2 Å². The van der Waals surface area contributed by atoms with Gasteiger partial charge in [0.15, 0.2) is 0 Å². The van der Waals surface area contributed by atoms with Gasteiger partial charge in [0.1, 0.15) is 0 Å². The van der Waals surface area contributed by atoms with Crippen molar-refractivity contribution >= 4 is 6.03 Å². The lowest BCUT2D eigenvalue weighted by Gasteiger charge is -2.27. The number of carbonyl (C=O) groups excluding carboxylic acids is 1. The van der Waals surface area contributed by atoms with Gasteiger partial charge in [0.2, 0.25) is 0 Å². The number of nitrogens with one attached hydrogen (secondary N) is 2. The van der Waals surface area contributed by atoms with Crippen LogP contribution in [0.5, 0.6) is 0 Å². The van der Waals surface area contributed by atoms with E-state index in [1.807, 2.05) is 39.8 Å². The Kier molecular flexibility index (Phi) is 5.57. The van der Waals surface area contributed by atoms with Gasteiger partial charge in [-0.1, -0.05) is 37.6 Å². The lowest BCUT2D eigenvalue weighted by atomic mass is 9.93. The summed E-state index contributed by atoms with van der Waals surface area (Å²) in [4.78, 5) is 11.7. The fourth-order valence-corrected chi connectivity index (χ4v) is 1.75. The molecule has 0 heterocycles. The van der Waals surface area contributed by atoms with Crippen molar-refractivity contribution in [2.45, 2.75) is 46.8 Å². The van der Waals surface area contributed by atoms with Crippen LogP contribution >= 0.6 is 0 Å². The maximum atomic E-state index is 11.7. The standard InChI is InChI=1S/C16H26N2O2/c1-11(2)16(5,20)10-18-15(19)17-9-14-7-6-12(3)8-13(14)4/h6-8,11,20H,9-10H2,1-5H3,(H2,17,18,19). The van der Waals surface area contributed by atoms with Gasteiger partial charge in [-0.3, -0.25) is 0 Å². The molecule has 0 fully saturated rings. The normalized spacial score (nSPS) is 13.9. The number of hydrogen-bond acceptors (Lipinski definition) is 2. The number of aryl methyl sites for hydroxylation is 2. The predicted molar refractivity (Wildman–Crippen MR) is 81.6 cm³/mol. The molecule has 20 heavy (non-hydrogen) atoms. The highest BCUT2D eigenvalue weighted by molar-refractivity contribution is 5.73. The summed E-state index contributed by atoms with van der Waals surface area (Å²) in [7, 11) is 0. The lowest BCUT2D eigenvalue weighted by molar-refractivity contribution is 0.0166. The van der Waals surface area contributed by atoms with Crippen molar-refractivity contribution in [3.8, 4) is 0 Å². The maximum Gasteiger partial charge on any atom is 0.315 e. The SMILES string of the molecule is Cc1ccc(CNC(=O)NCC(C)(O)C(C)C)c(C)c1. The highest BCUT2D eigenvalue weighted by Crippen LogP contribution is 2.14. The number of rotatable bonds is 5. The molecule has 0 aromatic heterocycles. The molecule has 0 aliphatic heterocycles. The molecule has 0 aliphatic carbocycles. The molecule has 0 saturated carbocycles. The minimum Gasteiger partial charge on any atom is -0.388 e. The zero-order valence-corrected chi connectivity index (χ0v) is 13.1. The van der Waals surface area contributed by atoms with Crippen LogP contribution in [0.4, 0.5) is 4.79 Å². The second-order valence-electron chi connectivity index (χ2n) is 5.98. The van der Waals surface area contributed by atoms with Crippen molar-refractivity contribution in [1.29, 1.82) is 0 Å². The molecule has 112 valence electrons. The third kappa shape index (κ3) is 4.85. The molecule has 0 bridgehead atoms. The molecule has 1 unspecified atom stereocenters. The van der Waals surface area contributed by atoms with Crippen molar-refractivity contribution in [3.63, 3.8) is 0 Å². The van der Waals surface area contributed by atoms with E-state index in [0.29, 0.717) is 6.54 Å². The van der Waals surface area contributed by atoms with Gasteiger partial charge in [0.05, 0.1) is 5.60 Å². The summed E-state index contributed by atoms with van der Waals surface area (Å²) in [6, 6.07) is 5.89. The maximum absolute atomic E-state index is 11.7. The largest absolute Gasteiger partial charge is 0.388 e. The molecule has 2 amide bonds. The molecule has 1 aromatic carbocycles. The number of aliphatic hydroxyl groups is 1. The van der Waals surface area contributed by atoms with Crippen LogP contribution < -0.4 is 10.6 Å². The quantitative estimate of drug-likeness (QED) is 0.775. The van der Waals surface area contributed by atoms with E-state index < -0.39 is 5.60 Å². The van der Waals surface area contributed by atoms with E-state index in [1.54, 1.807) is 6.92 Å². The molecular formula is C16H26N2O2. The fraction of sp³-hybridized carbons (Fsp3) is 0.562. The van der Waals surface area contributed by atoms with Crippen molar-refractivity contribution in [3.05, 3.63) is 34.9 Å². The minimum atomic E-state index is -0.892. The average molecular weight is 278 g/mol. The van der Waals surface area contributed by atoms with Gasteiger partial charge >= 0.3 is 6.03 Å². The third-order valence-corrected chi connectivity index (χ3v) is 3.79. The summed E-state index contributed by atoms with van der Waals surface area (Å²) in [6.07, 6.45) is 0. The molecule has 1 aromatic rings. The van der Waals surface area contributed by atoms with Crippen LogP contribution in [0, 0.1) is 19.8 Å². The first-order valence-corrected chi connectivity index (χ1v) is 7.02. The Hall–Kier alpha value is -1.55. The highest BCUT2D eigenvalue weighted by atomic mass is 16.3. The number of urea groups is 1. The molecular weight excluding hydrogens is 252 g/mol. The summed E-state index contributed by atoms with van der Waals surface area (Å²) in [6.45, 7) is 10.4. The number of carbonyl (C=O) groups is 1. The van der Waals surface area contributed by atoms with Gasteiger partial charge in [-0.25, -0.2) is 4.79 Å². The van der Waals surface area contributed by atoms with E-state index in [4.69, 9.17) is 0 Å². The van der Waals surface area contributed by atoms with Crippen LogP contribution in [0.25, 0.3) is 0 Å². The molecule has 0 saturated heterocycles. The second-order valence-corrected chi connectivity index (χ2v) is 5.98. The molecule has 3 N–H and O–H groups in total. The smallest absolute Gasteiger partial charge is 0.315 e. The average Bonchev–Trinajstić information content (AvgIpc) is 2.35. The molecule has 0 radical (unpaired) electrons. The van der Waals surface area contributed by atoms with Crippen LogP contribution in [0.3, 0.4) is 0 Å². The van der Waals surface area contributed by atoms with Gasteiger partial charge in [0.25, 0.3) is 0 Å². The van der Waals surface area contributed by atoms with Crippen LogP contribution in [-0.2, 0) is 6.54 Å². The van der Waals surface area contributed by atoms with E-state index in [2.05, 4.69) is 16.7 Å².